The molecule has 0 aliphatic heterocycles. The first-order valence-corrected chi connectivity index (χ1v) is 4.56. The lowest BCUT2D eigenvalue weighted by atomic mass is 10.4. The highest BCUT2D eigenvalue weighted by molar-refractivity contribution is 5.49. The minimum Gasteiger partial charge on any atom is -0.296 e. The largest absolute Gasteiger partial charge is 0.296 e. The molecule has 14 heavy (non-hydrogen) atoms. The third-order valence-electron chi connectivity index (χ3n) is 2.30. The predicted molar refractivity (Wildman–Crippen MR) is 52.4 cm³/mol. The third-order valence-corrected chi connectivity index (χ3v) is 2.30. The lowest BCUT2D eigenvalue weighted by molar-refractivity contribution is 0.674. The molecule has 0 saturated carbocycles. The summed E-state index contributed by atoms with van der Waals surface area (Å²) >= 11 is 0. The summed E-state index contributed by atoms with van der Waals surface area (Å²) in [6.45, 7) is 6.21. The molecule has 0 spiro atoms. The van der Waals surface area contributed by atoms with Crippen LogP contribution in [-0.2, 0) is 6.54 Å². The van der Waals surface area contributed by atoms with E-state index in [-0.39, 0.29) is 5.56 Å². The summed E-state index contributed by atoms with van der Waals surface area (Å²) in [6, 6.07) is 0. The zero-order valence-corrected chi connectivity index (χ0v) is 8.48. The Kier molecular flexibility index (Phi) is 1.87. The first-order chi connectivity index (χ1) is 6.65. The monoisotopic (exact) mass is 192 g/mol. The SMILES string of the molecule is CCn1cnn2c(C)nc(C)c2c1=O. The van der Waals surface area contributed by atoms with Crippen molar-refractivity contribution in [1.29, 1.82) is 0 Å². The van der Waals surface area contributed by atoms with Crippen LogP contribution < -0.4 is 5.56 Å². The smallest absolute Gasteiger partial charge is 0.279 e. The molecule has 0 radical (unpaired) electrons. The van der Waals surface area contributed by atoms with E-state index >= 15 is 0 Å². The van der Waals surface area contributed by atoms with Crippen LogP contribution in [0.2, 0.25) is 0 Å². The highest BCUT2D eigenvalue weighted by atomic mass is 16.1. The van der Waals surface area contributed by atoms with Crippen LogP contribution in [0.15, 0.2) is 11.1 Å². The minimum atomic E-state index is -0.0272. The number of nitrogens with zero attached hydrogens (tertiary/aromatic N) is 4. The molecule has 0 unspecified atom stereocenters. The van der Waals surface area contributed by atoms with Crippen molar-refractivity contribution < 1.29 is 0 Å². The molecular weight excluding hydrogens is 180 g/mol. The second kappa shape index (κ2) is 2.94. The first-order valence-electron chi connectivity index (χ1n) is 4.56. The Balaban J connectivity index is 2.95. The fourth-order valence-corrected chi connectivity index (χ4v) is 1.57. The van der Waals surface area contributed by atoms with Crippen molar-refractivity contribution in [3.05, 3.63) is 28.2 Å². The number of fused-ring (bicyclic) bond motifs is 1. The van der Waals surface area contributed by atoms with E-state index in [0.29, 0.717) is 12.1 Å². The molecule has 5 nitrogen and oxygen atoms in total. The molecule has 0 bridgehead atoms. The van der Waals surface area contributed by atoms with E-state index in [0.717, 1.165) is 11.5 Å². The van der Waals surface area contributed by atoms with Crippen LogP contribution >= 0.6 is 0 Å². The third kappa shape index (κ3) is 1.05. The lowest BCUT2D eigenvalue weighted by Gasteiger charge is -2.01. The van der Waals surface area contributed by atoms with E-state index in [1.807, 2.05) is 20.8 Å². The van der Waals surface area contributed by atoms with E-state index in [1.54, 1.807) is 15.4 Å². The van der Waals surface area contributed by atoms with Gasteiger partial charge in [-0.2, -0.15) is 5.10 Å². The van der Waals surface area contributed by atoms with Crippen molar-refractivity contribution >= 4 is 5.52 Å². The number of aryl methyl sites for hydroxylation is 3. The highest BCUT2D eigenvalue weighted by Crippen LogP contribution is 2.04. The summed E-state index contributed by atoms with van der Waals surface area (Å²) < 4.78 is 3.16. The van der Waals surface area contributed by atoms with Gasteiger partial charge in [0.25, 0.3) is 5.56 Å². The standard InChI is InChI=1S/C9H12N4O/c1-4-12-5-10-13-7(3)11-6(2)8(13)9(12)14/h5H,4H2,1-3H3. The molecule has 2 aromatic rings. The van der Waals surface area contributed by atoms with Gasteiger partial charge in [-0.05, 0) is 20.8 Å². The van der Waals surface area contributed by atoms with Crippen molar-refractivity contribution in [2.75, 3.05) is 0 Å². The average Bonchev–Trinajstić information content (AvgIpc) is 2.44. The molecule has 0 aliphatic rings. The zero-order valence-electron chi connectivity index (χ0n) is 8.48. The molecule has 0 atom stereocenters. The maximum atomic E-state index is 11.9. The van der Waals surface area contributed by atoms with Crippen molar-refractivity contribution in [3.8, 4) is 0 Å². The van der Waals surface area contributed by atoms with Crippen molar-refractivity contribution in [2.45, 2.75) is 27.3 Å². The molecule has 0 amide bonds. The van der Waals surface area contributed by atoms with E-state index in [9.17, 15) is 4.79 Å². The van der Waals surface area contributed by atoms with Gasteiger partial charge >= 0.3 is 0 Å². The van der Waals surface area contributed by atoms with E-state index < -0.39 is 0 Å². The molecule has 2 rings (SSSR count). The quantitative estimate of drug-likeness (QED) is 0.662. The summed E-state index contributed by atoms with van der Waals surface area (Å²) in [5, 5.41) is 4.15. The highest BCUT2D eigenvalue weighted by Gasteiger charge is 2.10. The van der Waals surface area contributed by atoms with Gasteiger partial charge in [-0.3, -0.25) is 9.36 Å². The Hall–Kier alpha value is -1.65. The van der Waals surface area contributed by atoms with Crippen molar-refractivity contribution in [2.24, 2.45) is 0 Å². The zero-order chi connectivity index (χ0) is 10.3. The minimum absolute atomic E-state index is 0.0272. The average molecular weight is 192 g/mol. The van der Waals surface area contributed by atoms with Crippen LogP contribution in [0.5, 0.6) is 0 Å². The topological polar surface area (TPSA) is 52.2 Å². The molecule has 5 heteroatoms. The van der Waals surface area contributed by atoms with E-state index in [1.165, 1.54) is 0 Å². The Morgan fingerprint density at radius 3 is 2.79 bits per heavy atom. The van der Waals surface area contributed by atoms with Crippen LogP contribution in [0, 0.1) is 13.8 Å². The second-order valence-corrected chi connectivity index (χ2v) is 3.23. The molecule has 2 heterocycles. The van der Waals surface area contributed by atoms with Crippen molar-refractivity contribution in [1.82, 2.24) is 19.2 Å². The van der Waals surface area contributed by atoms with Gasteiger partial charge < -0.3 is 0 Å². The van der Waals surface area contributed by atoms with Crippen LogP contribution in [0.25, 0.3) is 5.52 Å². The van der Waals surface area contributed by atoms with E-state index in [2.05, 4.69) is 10.1 Å². The molecule has 0 fully saturated rings. The number of hydrogen-bond donors (Lipinski definition) is 0. The number of hydrogen-bond acceptors (Lipinski definition) is 3. The summed E-state index contributed by atoms with van der Waals surface area (Å²) in [7, 11) is 0. The fourth-order valence-electron chi connectivity index (χ4n) is 1.57. The molecule has 2 aromatic heterocycles. The number of imidazole rings is 1. The molecular formula is C9H12N4O. The number of rotatable bonds is 1. The fraction of sp³-hybridized carbons (Fsp3) is 0.444. The number of aromatic nitrogens is 4. The summed E-state index contributed by atoms with van der Waals surface area (Å²) in [4.78, 5) is 16.1. The van der Waals surface area contributed by atoms with Crippen LogP contribution in [0.3, 0.4) is 0 Å². The normalized spacial score (nSPS) is 11.1. The Morgan fingerprint density at radius 1 is 1.43 bits per heavy atom. The molecule has 0 N–H and O–H groups in total. The summed E-state index contributed by atoms with van der Waals surface area (Å²) in [5.41, 5.74) is 1.29. The van der Waals surface area contributed by atoms with E-state index in [4.69, 9.17) is 0 Å². The maximum absolute atomic E-state index is 11.9. The van der Waals surface area contributed by atoms with Gasteiger partial charge in [-0.1, -0.05) is 0 Å². The van der Waals surface area contributed by atoms with Crippen LogP contribution in [-0.4, -0.2) is 19.2 Å². The van der Waals surface area contributed by atoms with Gasteiger partial charge in [0, 0.05) is 6.54 Å². The van der Waals surface area contributed by atoms with Gasteiger partial charge in [0.1, 0.15) is 12.2 Å². The predicted octanol–water partition coefficient (Wildman–Crippen LogP) is 0.528. The molecule has 74 valence electrons. The molecule has 0 saturated heterocycles. The van der Waals surface area contributed by atoms with Gasteiger partial charge in [-0.15, -0.1) is 0 Å². The van der Waals surface area contributed by atoms with Gasteiger partial charge in [0.05, 0.1) is 5.69 Å². The molecule has 0 aromatic carbocycles. The lowest BCUT2D eigenvalue weighted by Crippen LogP contribution is -2.22. The summed E-state index contributed by atoms with van der Waals surface area (Å²) in [5.74, 6) is 0.748. The summed E-state index contributed by atoms with van der Waals surface area (Å²) in [6.07, 6.45) is 1.55. The maximum Gasteiger partial charge on any atom is 0.279 e. The molecule has 0 aliphatic carbocycles. The van der Waals surface area contributed by atoms with Gasteiger partial charge in [0.15, 0.2) is 5.52 Å². The van der Waals surface area contributed by atoms with Gasteiger partial charge in [-0.25, -0.2) is 9.50 Å². The van der Waals surface area contributed by atoms with Crippen LogP contribution in [0.4, 0.5) is 0 Å². The van der Waals surface area contributed by atoms with Crippen molar-refractivity contribution in [3.63, 3.8) is 0 Å². The Bertz CT molecular complexity index is 537. The second-order valence-electron chi connectivity index (χ2n) is 3.23. The van der Waals surface area contributed by atoms with Gasteiger partial charge in [0.2, 0.25) is 0 Å². The first kappa shape index (κ1) is 8.93. The Morgan fingerprint density at radius 2 is 2.14 bits per heavy atom. The Labute approximate surface area is 81.0 Å². The van der Waals surface area contributed by atoms with Crippen LogP contribution in [0.1, 0.15) is 18.4 Å².